The molecule has 0 saturated heterocycles. The summed E-state index contributed by atoms with van der Waals surface area (Å²) in [6.07, 6.45) is 2.11. The largest absolute Gasteiger partial charge is 0.455 e. The third-order valence-electron chi connectivity index (χ3n) is 2.98. The minimum atomic E-state index is -0.346. The summed E-state index contributed by atoms with van der Waals surface area (Å²) in [5, 5.41) is 1.06. The lowest BCUT2D eigenvalue weighted by atomic mass is 10.2. The molecule has 1 aromatic heterocycles. The van der Waals surface area contributed by atoms with Crippen LogP contribution in [-0.4, -0.2) is 11.3 Å². The summed E-state index contributed by atoms with van der Waals surface area (Å²) in [4.78, 5) is 15.2. The van der Waals surface area contributed by atoms with Crippen LogP contribution in [0, 0.1) is 5.82 Å². The Morgan fingerprint density at radius 1 is 1.19 bits per heavy atom. The van der Waals surface area contributed by atoms with E-state index in [1.807, 2.05) is 0 Å². The number of nitrogens with zero attached hydrogens (tertiary/aromatic N) is 1. The fourth-order valence-corrected chi connectivity index (χ4v) is 2.19. The second-order valence-electron chi connectivity index (χ2n) is 4.38. The first-order chi connectivity index (χ1) is 10.2. The van der Waals surface area contributed by atoms with E-state index in [-0.39, 0.29) is 11.4 Å². The summed E-state index contributed by atoms with van der Waals surface area (Å²) in [7, 11) is 0. The zero-order valence-corrected chi connectivity index (χ0v) is 11.5. The quantitative estimate of drug-likeness (QED) is 0.662. The molecule has 3 nitrogen and oxygen atoms in total. The molecule has 0 bridgehead atoms. The van der Waals surface area contributed by atoms with E-state index in [2.05, 4.69) is 4.98 Å². The monoisotopic (exact) mass is 301 g/mol. The zero-order valence-electron chi connectivity index (χ0n) is 10.7. The number of aromatic nitrogens is 1. The summed E-state index contributed by atoms with van der Waals surface area (Å²) in [6, 6.07) is 11.0. The van der Waals surface area contributed by atoms with E-state index in [1.54, 1.807) is 30.3 Å². The number of pyridine rings is 1. The van der Waals surface area contributed by atoms with Gasteiger partial charge in [-0.25, -0.2) is 4.39 Å². The third kappa shape index (κ3) is 2.71. The summed E-state index contributed by atoms with van der Waals surface area (Å²) >= 11 is 5.94. The van der Waals surface area contributed by atoms with Gasteiger partial charge >= 0.3 is 0 Å². The molecule has 0 aliphatic heterocycles. The van der Waals surface area contributed by atoms with Crippen molar-refractivity contribution >= 4 is 28.8 Å². The number of hydrogen-bond donors (Lipinski definition) is 0. The molecule has 0 unspecified atom stereocenters. The van der Waals surface area contributed by atoms with Gasteiger partial charge in [0.15, 0.2) is 6.29 Å². The first kappa shape index (κ1) is 13.5. The Bertz CT molecular complexity index is 836. The SMILES string of the molecule is O=Cc1c(Cl)cccc1Oc1cnc2cc(F)ccc2c1. The van der Waals surface area contributed by atoms with Crippen LogP contribution in [0.25, 0.3) is 10.9 Å². The zero-order chi connectivity index (χ0) is 14.8. The minimum Gasteiger partial charge on any atom is -0.455 e. The fourth-order valence-electron chi connectivity index (χ4n) is 1.98. The molecular weight excluding hydrogens is 293 g/mol. The summed E-state index contributed by atoms with van der Waals surface area (Å²) < 4.78 is 18.7. The lowest BCUT2D eigenvalue weighted by Gasteiger charge is -2.09. The van der Waals surface area contributed by atoms with Crippen LogP contribution in [0.15, 0.2) is 48.7 Å². The molecule has 104 valence electrons. The van der Waals surface area contributed by atoms with Gasteiger partial charge in [0.2, 0.25) is 0 Å². The maximum Gasteiger partial charge on any atom is 0.155 e. The van der Waals surface area contributed by atoms with Crippen molar-refractivity contribution in [3.05, 3.63) is 65.1 Å². The smallest absolute Gasteiger partial charge is 0.155 e. The van der Waals surface area contributed by atoms with Crippen LogP contribution in [0.5, 0.6) is 11.5 Å². The van der Waals surface area contributed by atoms with Crippen molar-refractivity contribution in [3.8, 4) is 11.5 Å². The van der Waals surface area contributed by atoms with Crippen molar-refractivity contribution in [1.82, 2.24) is 4.98 Å². The van der Waals surface area contributed by atoms with Crippen LogP contribution in [0.1, 0.15) is 10.4 Å². The molecule has 21 heavy (non-hydrogen) atoms. The van der Waals surface area contributed by atoms with Crippen LogP contribution in [0.4, 0.5) is 4.39 Å². The lowest BCUT2D eigenvalue weighted by Crippen LogP contribution is -1.92. The number of halogens is 2. The van der Waals surface area contributed by atoms with Crippen LogP contribution < -0.4 is 4.74 Å². The Morgan fingerprint density at radius 2 is 2.05 bits per heavy atom. The highest BCUT2D eigenvalue weighted by molar-refractivity contribution is 6.33. The van der Waals surface area contributed by atoms with Gasteiger partial charge in [0.25, 0.3) is 0 Å². The van der Waals surface area contributed by atoms with Gasteiger partial charge in [-0.05, 0) is 30.3 Å². The highest BCUT2D eigenvalue weighted by Gasteiger charge is 2.09. The first-order valence-electron chi connectivity index (χ1n) is 6.14. The molecule has 0 N–H and O–H groups in total. The number of carbonyl (C=O) groups is 1. The van der Waals surface area contributed by atoms with Crippen LogP contribution in [-0.2, 0) is 0 Å². The predicted molar refractivity (Wildman–Crippen MR) is 78.6 cm³/mol. The Kier molecular flexibility index (Phi) is 3.54. The van der Waals surface area contributed by atoms with Crippen LogP contribution in [0.2, 0.25) is 5.02 Å². The van der Waals surface area contributed by atoms with Gasteiger partial charge < -0.3 is 4.74 Å². The number of aldehydes is 1. The number of benzene rings is 2. The molecule has 0 amide bonds. The number of carbonyl (C=O) groups excluding carboxylic acids is 1. The Balaban J connectivity index is 2.00. The molecule has 3 aromatic rings. The van der Waals surface area contributed by atoms with E-state index in [9.17, 15) is 9.18 Å². The highest BCUT2D eigenvalue weighted by atomic mass is 35.5. The molecule has 3 rings (SSSR count). The number of fused-ring (bicyclic) bond motifs is 1. The standard InChI is InChI=1S/C16H9ClFNO2/c17-14-2-1-3-16(13(14)9-20)21-12-6-10-4-5-11(18)7-15(10)19-8-12/h1-9H. The predicted octanol–water partition coefficient (Wildman–Crippen LogP) is 4.63. The van der Waals surface area contributed by atoms with E-state index >= 15 is 0 Å². The van der Waals surface area contributed by atoms with E-state index in [0.29, 0.717) is 28.3 Å². The molecule has 0 spiro atoms. The van der Waals surface area contributed by atoms with E-state index < -0.39 is 0 Å². The number of rotatable bonds is 3. The van der Waals surface area contributed by atoms with Crippen LogP contribution in [0.3, 0.4) is 0 Å². The van der Waals surface area contributed by atoms with Crippen molar-refractivity contribution in [3.63, 3.8) is 0 Å². The highest BCUT2D eigenvalue weighted by Crippen LogP contribution is 2.30. The van der Waals surface area contributed by atoms with Gasteiger partial charge in [-0.1, -0.05) is 17.7 Å². The molecule has 0 aliphatic rings. The molecular formula is C16H9ClFNO2. The summed E-state index contributed by atoms with van der Waals surface area (Å²) in [6.45, 7) is 0. The van der Waals surface area contributed by atoms with Gasteiger partial charge in [-0.15, -0.1) is 0 Å². The van der Waals surface area contributed by atoms with Gasteiger partial charge in [0, 0.05) is 11.5 Å². The molecule has 0 saturated carbocycles. The Morgan fingerprint density at radius 3 is 2.86 bits per heavy atom. The van der Waals surface area contributed by atoms with Crippen molar-refractivity contribution in [1.29, 1.82) is 0 Å². The van der Waals surface area contributed by atoms with E-state index in [0.717, 1.165) is 5.39 Å². The average molecular weight is 302 g/mol. The topological polar surface area (TPSA) is 39.2 Å². The summed E-state index contributed by atoms with van der Waals surface area (Å²) in [5.74, 6) is 0.446. The average Bonchev–Trinajstić information content (AvgIpc) is 2.48. The number of ether oxygens (including phenoxy) is 1. The lowest BCUT2D eigenvalue weighted by molar-refractivity contribution is 0.112. The van der Waals surface area contributed by atoms with Crippen molar-refractivity contribution in [2.45, 2.75) is 0 Å². The number of hydrogen-bond acceptors (Lipinski definition) is 3. The second-order valence-corrected chi connectivity index (χ2v) is 4.79. The molecule has 0 aliphatic carbocycles. The normalized spacial score (nSPS) is 10.6. The molecule has 0 atom stereocenters. The summed E-state index contributed by atoms with van der Waals surface area (Å²) in [5.41, 5.74) is 0.808. The molecule has 2 aromatic carbocycles. The molecule has 5 heteroatoms. The van der Waals surface area contributed by atoms with Gasteiger partial charge in [-0.3, -0.25) is 9.78 Å². The third-order valence-corrected chi connectivity index (χ3v) is 3.31. The van der Waals surface area contributed by atoms with Crippen molar-refractivity contribution in [2.75, 3.05) is 0 Å². The molecule has 0 radical (unpaired) electrons. The van der Waals surface area contributed by atoms with Gasteiger partial charge in [0.1, 0.15) is 17.3 Å². The Hall–Kier alpha value is -2.46. The van der Waals surface area contributed by atoms with Gasteiger partial charge in [-0.2, -0.15) is 0 Å². The van der Waals surface area contributed by atoms with E-state index in [4.69, 9.17) is 16.3 Å². The minimum absolute atomic E-state index is 0.276. The van der Waals surface area contributed by atoms with Gasteiger partial charge in [0.05, 0.1) is 22.3 Å². The van der Waals surface area contributed by atoms with Crippen LogP contribution >= 0.6 is 11.6 Å². The van der Waals surface area contributed by atoms with E-state index in [1.165, 1.54) is 18.3 Å². The Labute approximate surface area is 124 Å². The molecule has 0 fully saturated rings. The first-order valence-corrected chi connectivity index (χ1v) is 6.52. The molecule has 1 heterocycles. The maximum atomic E-state index is 13.1. The van der Waals surface area contributed by atoms with Crippen molar-refractivity contribution in [2.24, 2.45) is 0 Å². The second kappa shape index (κ2) is 5.50. The fraction of sp³-hybridized carbons (Fsp3) is 0. The van der Waals surface area contributed by atoms with Crippen molar-refractivity contribution < 1.29 is 13.9 Å². The maximum absolute atomic E-state index is 13.1.